The van der Waals surface area contributed by atoms with Gasteiger partial charge in [0.25, 0.3) is 5.91 Å². The molecule has 0 unspecified atom stereocenters. The maximum absolute atomic E-state index is 13.0. The van der Waals surface area contributed by atoms with Crippen molar-refractivity contribution < 1.29 is 14.3 Å². The van der Waals surface area contributed by atoms with Crippen molar-refractivity contribution in [2.24, 2.45) is 5.92 Å². The van der Waals surface area contributed by atoms with Crippen LogP contribution < -0.4 is 5.32 Å². The molecule has 1 aromatic carbocycles. The number of hydrogen-bond acceptors (Lipinski definition) is 3. The third-order valence-electron chi connectivity index (χ3n) is 4.82. The zero-order valence-electron chi connectivity index (χ0n) is 14.5. The van der Waals surface area contributed by atoms with E-state index in [0.717, 1.165) is 25.2 Å². The van der Waals surface area contributed by atoms with Gasteiger partial charge >= 0.3 is 0 Å². The summed E-state index contributed by atoms with van der Waals surface area (Å²) >= 11 is 0. The Balaban J connectivity index is 1.81. The molecule has 24 heavy (non-hydrogen) atoms. The van der Waals surface area contributed by atoms with Crippen LogP contribution in [0.1, 0.15) is 48.5 Å². The topological polar surface area (TPSA) is 58.6 Å². The lowest BCUT2D eigenvalue weighted by Crippen LogP contribution is -2.57. The third-order valence-corrected chi connectivity index (χ3v) is 4.82. The van der Waals surface area contributed by atoms with Crippen LogP contribution in [0.5, 0.6) is 0 Å². The van der Waals surface area contributed by atoms with Crippen molar-refractivity contribution in [2.45, 2.75) is 38.6 Å². The Morgan fingerprint density at radius 1 is 1.42 bits per heavy atom. The van der Waals surface area contributed by atoms with E-state index in [4.69, 9.17) is 4.74 Å². The molecule has 0 aliphatic carbocycles. The highest BCUT2D eigenvalue weighted by Gasteiger charge is 2.34. The maximum Gasteiger partial charge on any atom is 0.254 e. The molecule has 130 valence electrons. The molecule has 1 aromatic rings. The second kappa shape index (κ2) is 7.34. The van der Waals surface area contributed by atoms with Gasteiger partial charge in [-0.2, -0.15) is 0 Å². The summed E-state index contributed by atoms with van der Waals surface area (Å²) in [5.41, 5.74) is 1.82. The van der Waals surface area contributed by atoms with Crippen molar-refractivity contribution in [1.82, 2.24) is 10.2 Å². The highest BCUT2D eigenvalue weighted by molar-refractivity contribution is 5.98. The van der Waals surface area contributed by atoms with Gasteiger partial charge in [-0.1, -0.05) is 26.0 Å². The molecule has 0 saturated carbocycles. The Morgan fingerprint density at radius 3 is 2.96 bits per heavy atom. The maximum atomic E-state index is 13.0. The molecular formula is C19H26N2O3. The van der Waals surface area contributed by atoms with Gasteiger partial charge in [0.1, 0.15) is 6.04 Å². The molecule has 0 bridgehead atoms. The van der Waals surface area contributed by atoms with E-state index >= 15 is 0 Å². The Hall–Kier alpha value is -1.88. The predicted octanol–water partition coefficient (Wildman–Crippen LogP) is 2.18. The number of hydrogen-bond donors (Lipinski definition) is 1. The lowest BCUT2D eigenvalue weighted by atomic mass is 9.95. The second-order valence-electron chi connectivity index (χ2n) is 7.12. The van der Waals surface area contributed by atoms with Crippen LogP contribution in [-0.4, -0.2) is 49.1 Å². The zero-order valence-corrected chi connectivity index (χ0v) is 14.5. The smallest absolute Gasteiger partial charge is 0.254 e. The van der Waals surface area contributed by atoms with Gasteiger partial charge in [-0.25, -0.2) is 0 Å². The molecule has 2 amide bonds. The van der Waals surface area contributed by atoms with Crippen LogP contribution in [0.25, 0.3) is 0 Å². The van der Waals surface area contributed by atoms with E-state index in [0.29, 0.717) is 36.9 Å². The molecule has 1 N–H and O–H groups in total. The van der Waals surface area contributed by atoms with E-state index in [2.05, 4.69) is 25.2 Å². The summed E-state index contributed by atoms with van der Waals surface area (Å²) in [4.78, 5) is 27.0. The van der Waals surface area contributed by atoms with Gasteiger partial charge in [0, 0.05) is 31.2 Å². The Labute approximate surface area is 143 Å². The molecule has 5 nitrogen and oxygen atoms in total. The normalized spacial score (nSPS) is 24.3. The first-order valence-corrected chi connectivity index (χ1v) is 8.82. The fourth-order valence-electron chi connectivity index (χ4n) is 3.53. The molecule has 3 rings (SSSR count). The number of ether oxygens (including phenoxy) is 1. The standard InChI is InChI=1S/C19H26N2O3/c1-13(2)10-17-18(22)20-7-8-21(17)19(23)15-5-3-4-14(11-15)16-6-9-24-12-16/h3-5,11,13,16-17H,6-10,12H2,1-2H3,(H,20,22)/t16-,17+/m1/s1. The minimum atomic E-state index is -0.371. The summed E-state index contributed by atoms with van der Waals surface area (Å²) in [6, 6.07) is 7.44. The number of piperazine rings is 1. The van der Waals surface area contributed by atoms with Crippen molar-refractivity contribution in [3.8, 4) is 0 Å². The van der Waals surface area contributed by atoms with Crippen LogP contribution in [0.15, 0.2) is 24.3 Å². The SMILES string of the molecule is CC(C)C[C@H]1C(=O)NCCN1C(=O)c1cccc([C@@H]2CCOC2)c1. The first kappa shape index (κ1) is 17.0. The highest BCUT2D eigenvalue weighted by atomic mass is 16.5. The Morgan fingerprint density at radius 2 is 2.25 bits per heavy atom. The molecule has 0 aromatic heterocycles. The first-order chi connectivity index (χ1) is 11.6. The van der Waals surface area contributed by atoms with E-state index in [1.54, 1.807) is 4.90 Å². The summed E-state index contributed by atoms with van der Waals surface area (Å²) in [6.45, 7) is 6.75. The average molecular weight is 330 g/mol. The van der Waals surface area contributed by atoms with Crippen molar-refractivity contribution in [1.29, 1.82) is 0 Å². The van der Waals surface area contributed by atoms with E-state index in [1.165, 1.54) is 0 Å². The van der Waals surface area contributed by atoms with Gasteiger partial charge in [-0.15, -0.1) is 0 Å². The summed E-state index contributed by atoms with van der Waals surface area (Å²) < 4.78 is 5.45. The van der Waals surface area contributed by atoms with Crippen LogP contribution >= 0.6 is 0 Å². The quantitative estimate of drug-likeness (QED) is 0.920. The van der Waals surface area contributed by atoms with Crippen LogP contribution in [-0.2, 0) is 9.53 Å². The number of amides is 2. The molecule has 2 aliphatic heterocycles. The summed E-state index contributed by atoms with van der Waals surface area (Å²) in [5, 5.41) is 2.88. The van der Waals surface area contributed by atoms with Gasteiger partial charge in [-0.05, 0) is 36.5 Å². The van der Waals surface area contributed by atoms with Crippen molar-refractivity contribution >= 4 is 11.8 Å². The number of rotatable bonds is 4. The lowest BCUT2D eigenvalue weighted by molar-refractivity contribution is -0.128. The van der Waals surface area contributed by atoms with Gasteiger partial charge < -0.3 is 15.0 Å². The minimum absolute atomic E-state index is 0.0383. The van der Waals surface area contributed by atoms with Crippen molar-refractivity contribution in [2.75, 3.05) is 26.3 Å². The van der Waals surface area contributed by atoms with Crippen molar-refractivity contribution in [3.63, 3.8) is 0 Å². The van der Waals surface area contributed by atoms with E-state index in [1.807, 2.05) is 18.2 Å². The number of nitrogens with zero attached hydrogens (tertiary/aromatic N) is 1. The fraction of sp³-hybridized carbons (Fsp3) is 0.579. The van der Waals surface area contributed by atoms with Crippen LogP contribution in [0.2, 0.25) is 0 Å². The van der Waals surface area contributed by atoms with Crippen molar-refractivity contribution in [3.05, 3.63) is 35.4 Å². The third kappa shape index (κ3) is 3.61. The molecule has 0 spiro atoms. The zero-order chi connectivity index (χ0) is 17.1. The van der Waals surface area contributed by atoms with E-state index < -0.39 is 0 Å². The predicted molar refractivity (Wildman–Crippen MR) is 91.9 cm³/mol. The number of carbonyl (C=O) groups is 2. The number of benzene rings is 1. The monoisotopic (exact) mass is 330 g/mol. The molecule has 0 radical (unpaired) electrons. The molecule has 2 aliphatic rings. The minimum Gasteiger partial charge on any atom is -0.381 e. The lowest BCUT2D eigenvalue weighted by Gasteiger charge is -2.36. The molecule has 2 atom stereocenters. The molecule has 2 fully saturated rings. The summed E-state index contributed by atoms with van der Waals surface area (Å²) in [6.07, 6.45) is 1.69. The van der Waals surface area contributed by atoms with Crippen LogP contribution in [0, 0.1) is 5.92 Å². The number of carbonyl (C=O) groups excluding carboxylic acids is 2. The van der Waals surface area contributed by atoms with E-state index in [-0.39, 0.29) is 17.9 Å². The van der Waals surface area contributed by atoms with Gasteiger partial charge in [0.2, 0.25) is 5.91 Å². The largest absolute Gasteiger partial charge is 0.381 e. The van der Waals surface area contributed by atoms with E-state index in [9.17, 15) is 9.59 Å². The summed E-state index contributed by atoms with van der Waals surface area (Å²) in [7, 11) is 0. The van der Waals surface area contributed by atoms with Gasteiger partial charge in [0.15, 0.2) is 0 Å². The first-order valence-electron chi connectivity index (χ1n) is 8.82. The fourth-order valence-corrected chi connectivity index (χ4v) is 3.53. The molecule has 2 saturated heterocycles. The highest BCUT2D eigenvalue weighted by Crippen LogP contribution is 2.26. The average Bonchev–Trinajstić information content (AvgIpc) is 3.10. The molecule has 2 heterocycles. The van der Waals surface area contributed by atoms with Crippen LogP contribution in [0.4, 0.5) is 0 Å². The Kier molecular flexibility index (Phi) is 5.19. The number of nitrogens with one attached hydrogen (secondary N) is 1. The Bertz CT molecular complexity index is 608. The summed E-state index contributed by atoms with van der Waals surface area (Å²) in [5.74, 6) is 0.643. The molecule has 5 heteroatoms. The van der Waals surface area contributed by atoms with Gasteiger partial charge in [-0.3, -0.25) is 9.59 Å². The molecular weight excluding hydrogens is 304 g/mol. The van der Waals surface area contributed by atoms with Crippen LogP contribution in [0.3, 0.4) is 0 Å². The van der Waals surface area contributed by atoms with Gasteiger partial charge in [0.05, 0.1) is 6.61 Å². The second-order valence-corrected chi connectivity index (χ2v) is 7.12.